The van der Waals surface area contributed by atoms with Crippen molar-refractivity contribution >= 4 is 23.4 Å². The summed E-state index contributed by atoms with van der Waals surface area (Å²) < 4.78 is 5.01. The van der Waals surface area contributed by atoms with E-state index in [1.54, 1.807) is 12.1 Å². The highest BCUT2D eigenvalue weighted by Gasteiger charge is 2.06. The SMILES string of the molecule is Cl.NC(CCO)c1ccc2oc(=O)ccc2c1. The van der Waals surface area contributed by atoms with Crippen LogP contribution in [-0.4, -0.2) is 11.7 Å². The average Bonchev–Trinajstić information content (AvgIpc) is 2.28. The number of hydrogen-bond donors (Lipinski definition) is 2. The Hall–Kier alpha value is -1.36. The number of aliphatic hydroxyl groups is 1. The van der Waals surface area contributed by atoms with Gasteiger partial charge in [-0.1, -0.05) is 6.07 Å². The van der Waals surface area contributed by atoms with E-state index in [2.05, 4.69) is 0 Å². The lowest BCUT2D eigenvalue weighted by Crippen LogP contribution is -2.11. The summed E-state index contributed by atoms with van der Waals surface area (Å²) in [6, 6.07) is 8.30. The van der Waals surface area contributed by atoms with Gasteiger partial charge in [0.25, 0.3) is 0 Å². The number of hydrogen-bond acceptors (Lipinski definition) is 4. The number of aliphatic hydroxyl groups excluding tert-OH is 1. The summed E-state index contributed by atoms with van der Waals surface area (Å²) in [5, 5.41) is 9.65. The van der Waals surface area contributed by atoms with Gasteiger partial charge in [-0.05, 0) is 30.2 Å². The molecule has 5 heteroatoms. The Kier molecular flexibility index (Phi) is 4.69. The number of rotatable bonds is 3. The standard InChI is InChI=1S/C12H13NO3.ClH/c13-10(5-6-14)8-1-3-11-9(7-8)2-4-12(15)16-11;/h1-4,7,10,14H,5-6,13H2;1H. The maximum Gasteiger partial charge on any atom is 0.336 e. The number of benzene rings is 1. The predicted octanol–water partition coefficient (Wildman–Crippen LogP) is 1.60. The number of halogens is 1. The van der Waals surface area contributed by atoms with Crippen LogP contribution in [0.5, 0.6) is 0 Å². The van der Waals surface area contributed by atoms with Crippen molar-refractivity contribution in [3.63, 3.8) is 0 Å². The third kappa shape index (κ3) is 3.06. The fourth-order valence-corrected chi connectivity index (χ4v) is 1.63. The molecule has 0 aliphatic carbocycles. The first-order valence-electron chi connectivity index (χ1n) is 5.11. The molecular weight excluding hydrogens is 242 g/mol. The zero-order valence-electron chi connectivity index (χ0n) is 9.13. The molecule has 17 heavy (non-hydrogen) atoms. The van der Waals surface area contributed by atoms with Gasteiger partial charge in [0.2, 0.25) is 0 Å². The van der Waals surface area contributed by atoms with Crippen LogP contribution in [0, 0.1) is 0 Å². The molecule has 4 nitrogen and oxygen atoms in total. The molecule has 0 aliphatic rings. The second-order valence-electron chi connectivity index (χ2n) is 3.67. The molecule has 1 atom stereocenters. The van der Waals surface area contributed by atoms with Gasteiger partial charge < -0.3 is 15.3 Å². The van der Waals surface area contributed by atoms with Crippen LogP contribution in [0.3, 0.4) is 0 Å². The van der Waals surface area contributed by atoms with Crippen LogP contribution < -0.4 is 11.4 Å². The summed E-state index contributed by atoms with van der Waals surface area (Å²) in [5.41, 5.74) is 6.99. The first-order valence-corrected chi connectivity index (χ1v) is 5.11. The molecule has 1 unspecified atom stereocenters. The molecule has 0 spiro atoms. The van der Waals surface area contributed by atoms with E-state index in [9.17, 15) is 4.79 Å². The summed E-state index contributed by atoms with van der Waals surface area (Å²) in [5.74, 6) is 0. The smallest absolute Gasteiger partial charge is 0.336 e. The number of nitrogens with two attached hydrogens (primary N) is 1. The highest BCUT2D eigenvalue weighted by Crippen LogP contribution is 2.19. The molecule has 3 N–H and O–H groups in total. The Morgan fingerprint density at radius 3 is 2.76 bits per heavy atom. The van der Waals surface area contributed by atoms with E-state index in [0.717, 1.165) is 10.9 Å². The Labute approximate surface area is 104 Å². The highest BCUT2D eigenvalue weighted by atomic mass is 35.5. The molecule has 0 saturated heterocycles. The largest absolute Gasteiger partial charge is 0.423 e. The Morgan fingerprint density at radius 1 is 1.29 bits per heavy atom. The molecule has 2 rings (SSSR count). The van der Waals surface area contributed by atoms with Crippen LogP contribution in [0.25, 0.3) is 11.0 Å². The van der Waals surface area contributed by atoms with Crippen molar-refractivity contribution < 1.29 is 9.52 Å². The fraction of sp³-hybridized carbons (Fsp3) is 0.250. The first-order chi connectivity index (χ1) is 7.70. The average molecular weight is 256 g/mol. The van der Waals surface area contributed by atoms with Crippen molar-refractivity contribution in [1.82, 2.24) is 0 Å². The van der Waals surface area contributed by atoms with Gasteiger partial charge in [0, 0.05) is 24.1 Å². The van der Waals surface area contributed by atoms with Crippen LogP contribution in [0.4, 0.5) is 0 Å². The molecule has 1 aromatic carbocycles. The van der Waals surface area contributed by atoms with Crippen LogP contribution >= 0.6 is 12.4 Å². The molecule has 0 aliphatic heterocycles. The molecule has 0 radical (unpaired) electrons. The van der Waals surface area contributed by atoms with Gasteiger partial charge in [0.15, 0.2) is 0 Å². The van der Waals surface area contributed by atoms with Crippen LogP contribution in [0.2, 0.25) is 0 Å². The molecule has 0 saturated carbocycles. The lowest BCUT2D eigenvalue weighted by Gasteiger charge is -2.10. The second kappa shape index (κ2) is 5.82. The molecule has 0 fully saturated rings. The lowest BCUT2D eigenvalue weighted by atomic mass is 10.0. The summed E-state index contributed by atoms with van der Waals surface area (Å²) >= 11 is 0. The van der Waals surface area contributed by atoms with Crippen LogP contribution in [0.1, 0.15) is 18.0 Å². The van der Waals surface area contributed by atoms with Gasteiger partial charge in [-0.15, -0.1) is 12.4 Å². The maximum absolute atomic E-state index is 11.0. The van der Waals surface area contributed by atoms with Gasteiger partial charge in [0.05, 0.1) is 0 Å². The summed E-state index contributed by atoms with van der Waals surface area (Å²) in [6.45, 7) is 0.0586. The van der Waals surface area contributed by atoms with Crippen molar-refractivity contribution in [2.75, 3.05) is 6.61 Å². The zero-order chi connectivity index (χ0) is 11.5. The van der Waals surface area contributed by atoms with Crippen molar-refractivity contribution in [2.45, 2.75) is 12.5 Å². The molecule has 0 amide bonds. The van der Waals surface area contributed by atoms with E-state index < -0.39 is 0 Å². The summed E-state index contributed by atoms with van der Waals surface area (Å²) in [6.07, 6.45) is 0.516. The Balaban J connectivity index is 0.00000144. The van der Waals surface area contributed by atoms with E-state index >= 15 is 0 Å². The molecule has 1 aromatic heterocycles. The molecule has 92 valence electrons. The Morgan fingerprint density at radius 2 is 2.06 bits per heavy atom. The van der Waals surface area contributed by atoms with E-state index in [0.29, 0.717) is 12.0 Å². The molecule has 1 heterocycles. The monoisotopic (exact) mass is 255 g/mol. The second-order valence-corrected chi connectivity index (χ2v) is 3.67. The third-order valence-corrected chi connectivity index (χ3v) is 2.51. The van der Waals surface area contributed by atoms with Crippen molar-refractivity contribution in [2.24, 2.45) is 5.73 Å². The predicted molar refractivity (Wildman–Crippen MR) is 68.4 cm³/mol. The van der Waals surface area contributed by atoms with Gasteiger partial charge in [0.1, 0.15) is 5.58 Å². The quantitative estimate of drug-likeness (QED) is 0.817. The van der Waals surface area contributed by atoms with Gasteiger partial charge in [-0.25, -0.2) is 4.79 Å². The van der Waals surface area contributed by atoms with Gasteiger partial charge in [-0.3, -0.25) is 0 Å². The zero-order valence-corrected chi connectivity index (χ0v) is 9.94. The van der Waals surface area contributed by atoms with E-state index in [1.165, 1.54) is 6.07 Å². The topological polar surface area (TPSA) is 76.5 Å². The molecule has 2 aromatic rings. The van der Waals surface area contributed by atoms with Crippen molar-refractivity contribution in [1.29, 1.82) is 0 Å². The minimum atomic E-state index is -0.361. The molecular formula is C12H14ClNO3. The van der Waals surface area contributed by atoms with Crippen molar-refractivity contribution in [3.8, 4) is 0 Å². The van der Waals surface area contributed by atoms with Crippen molar-refractivity contribution in [3.05, 3.63) is 46.3 Å². The number of fused-ring (bicyclic) bond motifs is 1. The van der Waals surface area contributed by atoms with E-state index in [-0.39, 0.29) is 30.7 Å². The van der Waals surface area contributed by atoms with Gasteiger partial charge in [-0.2, -0.15) is 0 Å². The van der Waals surface area contributed by atoms with Crippen LogP contribution in [0.15, 0.2) is 39.5 Å². The van der Waals surface area contributed by atoms with Crippen LogP contribution in [-0.2, 0) is 0 Å². The first kappa shape index (κ1) is 13.7. The van der Waals surface area contributed by atoms with E-state index in [1.807, 2.05) is 12.1 Å². The van der Waals surface area contributed by atoms with Gasteiger partial charge >= 0.3 is 5.63 Å². The lowest BCUT2D eigenvalue weighted by molar-refractivity contribution is 0.276. The minimum Gasteiger partial charge on any atom is -0.423 e. The Bertz CT molecular complexity index is 553. The highest BCUT2D eigenvalue weighted by molar-refractivity contribution is 5.85. The summed E-state index contributed by atoms with van der Waals surface area (Å²) in [4.78, 5) is 11.0. The fourth-order valence-electron chi connectivity index (χ4n) is 1.63. The maximum atomic E-state index is 11.0. The minimum absolute atomic E-state index is 0. The molecule has 0 bridgehead atoms. The summed E-state index contributed by atoms with van der Waals surface area (Å²) in [7, 11) is 0. The normalized spacial score (nSPS) is 12.1. The van der Waals surface area contributed by atoms with E-state index in [4.69, 9.17) is 15.3 Å². The third-order valence-electron chi connectivity index (χ3n) is 2.51.